The molecule has 0 saturated heterocycles. The van der Waals surface area contributed by atoms with Crippen LogP contribution in [0.15, 0.2) is 52.7 Å². The predicted molar refractivity (Wildman–Crippen MR) is 110 cm³/mol. The normalized spacial score (nSPS) is 10.8. The van der Waals surface area contributed by atoms with Gasteiger partial charge in [0.1, 0.15) is 10.8 Å². The molecule has 0 radical (unpaired) electrons. The van der Waals surface area contributed by atoms with Gasteiger partial charge in [-0.25, -0.2) is 13.4 Å². The number of hydrogen-bond acceptors (Lipinski definition) is 7. The van der Waals surface area contributed by atoms with Gasteiger partial charge in [-0.3, -0.25) is 14.8 Å². The molecular weight excluding hydrogens is 449 g/mol. The van der Waals surface area contributed by atoms with E-state index >= 15 is 0 Å². The first-order valence-corrected chi connectivity index (χ1v) is 10.1. The smallest absolute Gasteiger partial charge is 0.289 e. The fourth-order valence-corrected chi connectivity index (χ4v) is 4.37. The molecule has 3 rings (SSSR count). The summed E-state index contributed by atoms with van der Waals surface area (Å²) in [6.07, 6.45) is 0. The number of hydrogen-bond donors (Lipinski definition) is 1. The van der Waals surface area contributed by atoms with Gasteiger partial charge in [-0.05, 0) is 36.4 Å². The summed E-state index contributed by atoms with van der Waals surface area (Å²) in [7, 11) is -2.49. The second-order valence-corrected chi connectivity index (χ2v) is 8.19. The van der Waals surface area contributed by atoms with E-state index in [-0.39, 0.29) is 27.5 Å². The third-order valence-electron chi connectivity index (χ3n) is 3.54. The topological polar surface area (TPSA) is 111 Å². The zero-order valence-electron chi connectivity index (χ0n) is 14.2. The Balaban J connectivity index is 0.00000280. The summed E-state index contributed by atoms with van der Waals surface area (Å²) in [5, 5.41) is 12.6. The van der Waals surface area contributed by atoms with Gasteiger partial charge in [0.25, 0.3) is 15.7 Å². The van der Waals surface area contributed by atoms with Crippen LogP contribution in [0.2, 0.25) is 5.02 Å². The first-order valence-electron chi connectivity index (χ1n) is 7.37. The molecule has 1 N–H and O–H groups in total. The number of anilines is 1. The van der Waals surface area contributed by atoms with Gasteiger partial charge < -0.3 is 4.74 Å². The molecule has 12 heteroatoms. The Morgan fingerprint density at radius 1 is 1.21 bits per heavy atom. The molecule has 2 aromatic carbocycles. The third kappa shape index (κ3) is 4.71. The monoisotopic (exact) mass is 461 g/mol. The van der Waals surface area contributed by atoms with Crippen LogP contribution in [0.1, 0.15) is 0 Å². The highest BCUT2D eigenvalue weighted by Crippen LogP contribution is 2.30. The van der Waals surface area contributed by atoms with Crippen LogP contribution in [0.5, 0.6) is 5.75 Å². The number of sulfonamides is 1. The minimum atomic E-state index is -4.05. The molecule has 1 aromatic heterocycles. The first kappa shape index (κ1) is 21.9. The summed E-state index contributed by atoms with van der Waals surface area (Å²) in [6, 6.07) is 10.4. The number of ether oxygens (including phenoxy) is 1. The molecular formula is C16H13Cl2N3O5S2. The average molecular weight is 462 g/mol. The lowest BCUT2D eigenvalue weighted by atomic mass is 10.2. The molecule has 0 aliphatic rings. The Labute approximate surface area is 175 Å². The Morgan fingerprint density at radius 2 is 1.89 bits per heavy atom. The number of benzene rings is 2. The van der Waals surface area contributed by atoms with Gasteiger partial charge in [-0.15, -0.1) is 23.7 Å². The van der Waals surface area contributed by atoms with E-state index in [9.17, 15) is 18.5 Å². The molecule has 28 heavy (non-hydrogen) atoms. The number of rotatable bonds is 6. The number of nitrogens with one attached hydrogen (secondary N) is 1. The molecule has 0 saturated carbocycles. The van der Waals surface area contributed by atoms with Crippen molar-refractivity contribution < 1.29 is 18.1 Å². The number of nitro groups is 1. The van der Waals surface area contributed by atoms with Crippen molar-refractivity contribution in [1.82, 2.24) is 4.98 Å². The number of halogens is 2. The molecule has 148 valence electrons. The van der Waals surface area contributed by atoms with Crippen LogP contribution in [0, 0.1) is 10.1 Å². The van der Waals surface area contributed by atoms with Crippen molar-refractivity contribution in [3.63, 3.8) is 0 Å². The number of nitro benzene ring substituents is 1. The maximum atomic E-state index is 12.5. The lowest BCUT2D eigenvalue weighted by Crippen LogP contribution is -2.13. The van der Waals surface area contributed by atoms with Gasteiger partial charge in [-0.2, -0.15) is 0 Å². The maximum absolute atomic E-state index is 12.5. The van der Waals surface area contributed by atoms with Crippen molar-refractivity contribution in [1.29, 1.82) is 0 Å². The van der Waals surface area contributed by atoms with E-state index < -0.39 is 20.6 Å². The second-order valence-electron chi connectivity index (χ2n) is 5.24. The van der Waals surface area contributed by atoms with E-state index in [2.05, 4.69) is 9.71 Å². The van der Waals surface area contributed by atoms with Crippen LogP contribution in [0.3, 0.4) is 0 Å². The quantitative estimate of drug-likeness (QED) is 0.423. The van der Waals surface area contributed by atoms with Gasteiger partial charge in [0.2, 0.25) is 0 Å². The highest BCUT2D eigenvalue weighted by atomic mass is 35.5. The van der Waals surface area contributed by atoms with Gasteiger partial charge in [0.05, 0.1) is 22.6 Å². The van der Waals surface area contributed by atoms with Gasteiger partial charge >= 0.3 is 0 Å². The van der Waals surface area contributed by atoms with E-state index in [1.807, 2.05) is 0 Å². The molecule has 1 heterocycles. The fourth-order valence-electron chi connectivity index (χ4n) is 2.19. The van der Waals surface area contributed by atoms with Crippen molar-refractivity contribution in [2.75, 3.05) is 11.8 Å². The molecule has 0 unspecified atom stereocenters. The molecule has 0 atom stereocenters. The van der Waals surface area contributed by atoms with Crippen LogP contribution >= 0.6 is 35.3 Å². The Hall–Kier alpha value is -2.40. The lowest BCUT2D eigenvalue weighted by molar-refractivity contribution is -0.384. The number of nitrogens with zero attached hydrogens (tertiary/aromatic N) is 2. The number of thiazole rings is 1. The highest BCUT2D eigenvalue weighted by Gasteiger charge is 2.22. The summed E-state index contributed by atoms with van der Waals surface area (Å²) >= 11 is 6.82. The minimum absolute atomic E-state index is 0. The van der Waals surface area contributed by atoms with Crippen molar-refractivity contribution in [3.05, 3.63) is 63.0 Å². The third-order valence-corrected chi connectivity index (χ3v) is 6.08. The van der Waals surface area contributed by atoms with E-state index in [0.29, 0.717) is 11.4 Å². The molecule has 0 spiro atoms. The standard InChI is InChI=1S/C16H12ClN3O5S2.ClH/c1-25-11-4-2-10(3-5-11)14-9-26-16(18-14)19-27(23,24)12-6-7-13(17)15(8-12)20(21)22;/h2-9H,1H3,(H,18,19);1H. The lowest BCUT2D eigenvalue weighted by Gasteiger charge is -2.05. The molecule has 0 fully saturated rings. The van der Waals surface area contributed by atoms with Crippen molar-refractivity contribution in [2.45, 2.75) is 4.90 Å². The van der Waals surface area contributed by atoms with Crippen molar-refractivity contribution in [3.8, 4) is 17.0 Å². The number of aromatic nitrogens is 1. The first-order chi connectivity index (χ1) is 12.8. The van der Waals surface area contributed by atoms with Crippen molar-refractivity contribution in [2.24, 2.45) is 0 Å². The Kier molecular flexibility index (Phi) is 6.83. The van der Waals surface area contributed by atoms with Gasteiger partial charge in [-0.1, -0.05) is 11.6 Å². The Bertz CT molecular complexity index is 1100. The Morgan fingerprint density at radius 3 is 2.50 bits per heavy atom. The van der Waals surface area contributed by atoms with E-state index in [1.165, 1.54) is 12.1 Å². The van der Waals surface area contributed by atoms with E-state index in [1.54, 1.807) is 36.8 Å². The minimum Gasteiger partial charge on any atom is -0.497 e. The summed E-state index contributed by atoms with van der Waals surface area (Å²) in [5.74, 6) is 0.694. The van der Waals surface area contributed by atoms with E-state index in [0.717, 1.165) is 23.0 Å². The number of methoxy groups -OCH3 is 1. The zero-order chi connectivity index (χ0) is 19.6. The van der Waals surface area contributed by atoms with Gasteiger partial charge in [0.15, 0.2) is 5.13 Å². The second kappa shape index (κ2) is 8.74. The van der Waals surface area contributed by atoms with Crippen LogP contribution in [0.25, 0.3) is 11.3 Å². The summed E-state index contributed by atoms with van der Waals surface area (Å²) in [6.45, 7) is 0. The summed E-state index contributed by atoms with van der Waals surface area (Å²) in [4.78, 5) is 14.2. The van der Waals surface area contributed by atoms with Crippen molar-refractivity contribution >= 4 is 56.2 Å². The highest BCUT2D eigenvalue weighted by molar-refractivity contribution is 7.93. The molecule has 8 nitrogen and oxygen atoms in total. The van der Waals surface area contributed by atoms with Crippen LogP contribution in [-0.4, -0.2) is 25.4 Å². The van der Waals surface area contributed by atoms with Crippen LogP contribution in [0.4, 0.5) is 10.8 Å². The SMILES string of the molecule is COc1ccc(-c2csc(NS(=O)(=O)c3ccc(Cl)c([N+](=O)[O-])c3)n2)cc1.Cl. The predicted octanol–water partition coefficient (Wildman–Crippen LogP) is 4.60. The molecule has 0 amide bonds. The van der Waals surface area contributed by atoms with Gasteiger partial charge in [0, 0.05) is 17.0 Å². The molecule has 0 aliphatic heterocycles. The zero-order valence-corrected chi connectivity index (χ0v) is 17.4. The molecule has 0 aliphatic carbocycles. The van der Waals surface area contributed by atoms with E-state index in [4.69, 9.17) is 16.3 Å². The fraction of sp³-hybridized carbons (Fsp3) is 0.0625. The maximum Gasteiger partial charge on any atom is 0.289 e. The summed E-state index contributed by atoms with van der Waals surface area (Å²) < 4.78 is 32.4. The summed E-state index contributed by atoms with van der Waals surface area (Å²) in [5.41, 5.74) is 0.889. The molecule has 0 bridgehead atoms. The van der Waals surface area contributed by atoms with Crippen LogP contribution < -0.4 is 9.46 Å². The average Bonchev–Trinajstić information content (AvgIpc) is 3.09. The molecule has 3 aromatic rings. The largest absolute Gasteiger partial charge is 0.497 e. The van der Waals surface area contributed by atoms with Crippen LogP contribution in [-0.2, 0) is 10.0 Å².